The highest BCUT2D eigenvalue weighted by molar-refractivity contribution is 6.32. The monoisotopic (exact) mass is 447 g/mol. The van der Waals surface area contributed by atoms with Gasteiger partial charge in [-0.25, -0.2) is 0 Å². The smallest absolute Gasteiger partial charge is 0.238 e. The van der Waals surface area contributed by atoms with Gasteiger partial charge in [0.25, 0.3) is 0 Å². The Bertz CT molecular complexity index is 797. The van der Waals surface area contributed by atoms with Crippen LogP contribution >= 0.6 is 11.6 Å². The maximum Gasteiger partial charge on any atom is 0.238 e. The molecule has 4 saturated carbocycles. The van der Waals surface area contributed by atoms with E-state index in [0.29, 0.717) is 28.8 Å². The number of methoxy groups -OCH3 is 2. The molecule has 6 nitrogen and oxygen atoms in total. The summed E-state index contributed by atoms with van der Waals surface area (Å²) in [5.41, 5.74) is 0.584. The van der Waals surface area contributed by atoms with Crippen molar-refractivity contribution < 1.29 is 14.3 Å². The van der Waals surface area contributed by atoms with Gasteiger partial charge in [0.05, 0.1) is 31.5 Å². The van der Waals surface area contributed by atoms with Crippen molar-refractivity contribution >= 4 is 23.2 Å². The number of nitrogens with zero attached hydrogens (tertiary/aromatic N) is 2. The molecule has 0 atom stereocenters. The Hall–Kier alpha value is -1.50. The summed E-state index contributed by atoms with van der Waals surface area (Å²) in [5.74, 6) is 4.91. The Morgan fingerprint density at radius 3 is 2.16 bits per heavy atom. The second kappa shape index (κ2) is 8.80. The number of nitrogens with one attached hydrogen (secondary N) is 1. The highest BCUT2D eigenvalue weighted by atomic mass is 35.5. The van der Waals surface area contributed by atoms with E-state index < -0.39 is 0 Å². The molecule has 0 spiro atoms. The molecule has 1 saturated heterocycles. The minimum Gasteiger partial charge on any atom is -0.495 e. The summed E-state index contributed by atoms with van der Waals surface area (Å²) in [7, 11) is 3.12. The van der Waals surface area contributed by atoms with Gasteiger partial charge in [-0.3, -0.25) is 14.6 Å². The van der Waals surface area contributed by atoms with Crippen molar-refractivity contribution in [3.63, 3.8) is 0 Å². The molecule has 0 unspecified atom stereocenters. The van der Waals surface area contributed by atoms with E-state index in [1.54, 1.807) is 26.4 Å². The number of anilines is 1. The first kappa shape index (κ1) is 21.4. The predicted molar refractivity (Wildman–Crippen MR) is 122 cm³/mol. The standard InChI is InChI=1S/C24H34ClN3O3/c1-30-21-13-20(22(31-2)12-19(21)25)26-23(29)14-27-3-5-28(6-4-27)24-17-8-15-7-16(10-17)11-18(24)9-15/h12-13,15-18,24H,3-11,14H2,1-2H3,(H,26,29). The molecule has 0 radical (unpaired) electrons. The fourth-order valence-corrected chi connectivity index (χ4v) is 7.29. The third-order valence-corrected chi connectivity index (χ3v) is 8.42. The lowest BCUT2D eigenvalue weighted by atomic mass is 9.54. The number of carbonyl (C=O) groups excluding carboxylic acids is 1. The first-order valence-corrected chi connectivity index (χ1v) is 12.1. The summed E-state index contributed by atoms with van der Waals surface area (Å²) in [6.07, 6.45) is 7.37. The Morgan fingerprint density at radius 1 is 0.968 bits per heavy atom. The van der Waals surface area contributed by atoms with Crippen LogP contribution in [-0.2, 0) is 4.79 Å². The lowest BCUT2D eigenvalue weighted by molar-refractivity contribution is -0.118. The first-order valence-electron chi connectivity index (χ1n) is 11.7. The molecule has 1 aliphatic heterocycles. The van der Waals surface area contributed by atoms with Crippen LogP contribution in [-0.4, -0.2) is 68.7 Å². The van der Waals surface area contributed by atoms with E-state index in [4.69, 9.17) is 21.1 Å². The number of hydrogen-bond donors (Lipinski definition) is 1. The fraction of sp³-hybridized carbons (Fsp3) is 0.708. The summed E-state index contributed by atoms with van der Waals surface area (Å²) in [6, 6.07) is 4.18. The largest absolute Gasteiger partial charge is 0.495 e. The van der Waals surface area contributed by atoms with E-state index in [1.165, 1.54) is 32.1 Å². The van der Waals surface area contributed by atoms with Crippen molar-refractivity contribution in [3.8, 4) is 11.5 Å². The van der Waals surface area contributed by atoms with Gasteiger partial charge in [-0.1, -0.05) is 11.6 Å². The van der Waals surface area contributed by atoms with Crippen molar-refractivity contribution in [3.05, 3.63) is 17.2 Å². The molecule has 4 bridgehead atoms. The molecule has 1 heterocycles. The molecular formula is C24H34ClN3O3. The molecule has 1 aromatic carbocycles. The van der Waals surface area contributed by atoms with E-state index >= 15 is 0 Å². The number of carbonyl (C=O) groups is 1. The molecule has 5 aliphatic rings. The van der Waals surface area contributed by atoms with Gasteiger partial charge in [0.1, 0.15) is 11.5 Å². The zero-order valence-electron chi connectivity index (χ0n) is 18.6. The summed E-state index contributed by atoms with van der Waals surface area (Å²) < 4.78 is 10.6. The van der Waals surface area contributed by atoms with Crippen LogP contribution in [0.5, 0.6) is 11.5 Å². The number of halogens is 1. The van der Waals surface area contributed by atoms with Crippen molar-refractivity contribution in [2.75, 3.05) is 52.3 Å². The van der Waals surface area contributed by atoms with Crippen LogP contribution in [0.25, 0.3) is 0 Å². The quantitative estimate of drug-likeness (QED) is 0.720. The van der Waals surface area contributed by atoms with E-state index in [0.717, 1.165) is 55.9 Å². The van der Waals surface area contributed by atoms with Gasteiger partial charge in [0.2, 0.25) is 5.91 Å². The van der Waals surface area contributed by atoms with Crippen LogP contribution in [0.3, 0.4) is 0 Å². The number of ether oxygens (including phenoxy) is 2. The minimum absolute atomic E-state index is 0.0363. The summed E-state index contributed by atoms with van der Waals surface area (Å²) in [4.78, 5) is 17.7. The van der Waals surface area contributed by atoms with Crippen molar-refractivity contribution in [2.24, 2.45) is 23.7 Å². The Kier molecular flexibility index (Phi) is 6.06. The average Bonchev–Trinajstić information content (AvgIpc) is 2.75. The van der Waals surface area contributed by atoms with Gasteiger partial charge in [0.15, 0.2) is 0 Å². The Labute approximate surface area is 190 Å². The van der Waals surface area contributed by atoms with Gasteiger partial charge < -0.3 is 14.8 Å². The third-order valence-electron chi connectivity index (χ3n) is 8.12. The number of benzene rings is 1. The molecule has 5 fully saturated rings. The van der Waals surface area contributed by atoms with E-state index in [2.05, 4.69) is 15.1 Å². The molecular weight excluding hydrogens is 414 g/mol. The predicted octanol–water partition coefficient (Wildman–Crippen LogP) is 3.74. The van der Waals surface area contributed by atoms with Crippen molar-refractivity contribution in [1.82, 2.24) is 9.80 Å². The van der Waals surface area contributed by atoms with Gasteiger partial charge >= 0.3 is 0 Å². The number of amides is 1. The van der Waals surface area contributed by atoms with E-state index in [1.807, 2.05) is 0 Å². The summed E-state index contributed by atoms with van der Waals surface area (Å²) in [6.45, 7) is 4.47. The topological polar surface area (TPSA) is 54.0 Å². The van der Waals surface area contributed by atoms with Gasteiger partial charge in [-0.05, 0) is 55.8 Å². The second-order valence-corrected chi connectivity index (χ2v) is 10.4. The van der Waals surface area contributed by atoms with Crippen LogP contribution in [0.1, 0.15) is 32.1 Å². The van der Waals surface area contributed by atoms with Crippen LogP contribution in [0.2, 0.25) is 5.02 Å². The van der Waals surface area contributed by atoms with Crippen LogP contribution in [0.4, 0.5) is 5.69 Å². The van der Waals surface area contributed by atoms with Gasteiger partial charge in [-0.2, -0.15) is 0 Å². The number of rotatable bonds is 6. The van der Waals surface area contributed by atoms with E-state index in [-0.39, 0.29) is 5.91 Å². The van der Waals surface area contributed by atoms with Crippen molar-refractivity contribution in [2.45, 2.75) is 38.1 Å². The zero-order valence-corrected chi connectivity index (χ0v) is 19.4. The Balaban J connectivity index is 1.15. The fourth-order valence-electron chi connectivity index (χ4n) is 7.06. The van der Waals surface area contributed by atoms with Gasteiger partial charge in [0, 0.05) is 44.4 Å². The minimum atomic E-state index is -0.0363. The molecule has 31 heavy (non-hydrogen) atoms. The SMILES string of the molecule is COc1cc(NC(=O)CN2CCN(C3C4CC5CC(C4)CC3C5)CC2)c(OC)cc1Cl. The highest BCUT2D eigenvalue weighted by Crippen LogP contribution is 2.55. The highest BCUT2D eigenvalue weighted by Gasteiger charge is 2.50. The van der Waals surface area contributed by atoms with Gasteiger partial charge in [-0.15, -0.1) is 0 Å². The number of piperazine rings is 1. The zero-order chi connectivity index (χ0) is 21.5. The average molecular weight is 448 g/mol. The normalized spacial score (nSPS) is 32.8. The van der Waals surface area contributed by atoms with Crippen LogP contribution < -0.4 is 14.8 Å². The van der Waals surface area contributed by atoms with Crippen LogP contribution in [0, 0.1) is 23.7 Å². The van der Waals surface area contributed by atoms with E-state index in [9.17, 15) is 4.79 Å². The third kappa shape index (κ3) is 4.27. The molecule has 7 heteroatoms. The summed E-state index contributed by atoms with van der Waals surface area (Å²) >= 11 is 6.16. The number of hydrogen-bond acceptors (Lipinski definition) is 5. The summed E-state index contributed by atoms with van der Waals surface area (Å²) in [5, 5.41) is 3.43. The molecule has 1 N–H and O–H groups in total. The molecule has 1 amide bonds. The lowest BCUT2D eigenvalue weighted by Gasteiger charge is -2.58. The van der Waals surface area contributed by atoms with Crippen LogP contribution in [0.15, 0.2) is 12.1 Å². The lowest BCUT2D eigenvalue weighted by Crippen LogP contribution is -2.60. The molecule has 0 aromatic heterocycles. The molecule has 170 valence electrons. The Morgan fingerprint density at radius 2 is 1.58 bits per heavy atom. The molecule has 4 aliphatic carbocycles. The van der Waals surface area contributed by atoms with Crippen molar-refractivity contribution in [1.29, 1.82) is 0 Å². The first-order chi connectivity index (χ1) is 15.0. The maximum absolute atomic E-state index is 12.7. The maximum atomic E-state index is 12.7. The molecule has 1 aromatic rings. The second-order valence-electron chi connectivity index (χ2n) is 9.97. The molecule has 6 rings (SSSR count).